The molecule has 1 heterocycles. The normalized spacial score (nSPS) is 10.2. The van der Waals surface area contributed by atoms with E-state index in [4.69, 9.17) is 5.26 Å². The van der Waals surface area contributed by atoms with Gasteiger partial charge in [-0.2, -0.15) is 10.4 Å². The number of nitriles is 1. The molecular weight excluding hydrogens is 347 g/mol. The first-order valence-electron chi connectivity index (χ1n) is 8.19. The van der Waals surface area contributed by atoms with Crippen molar-refractivity contribution in [1.29, 1.82) is 5.26 Å². The van der Waals surface area contributed by atoms with Crippen molar-refractivity contribution >= 4 is 5.91 Å². The molecule has 0 fully saturated rings. The maximum Gasteiger partial charge on any atom is 0.266 e. The monoisotopic (exact) mass is 362 g/mol. The third-order valence-electron chi connectivity index (χ3n) is 3.89. The Morgan fingerprint density at radius 3 is 2.44 bits per heavy atom. The average molecular weight is 362 g/mol. The summed E-state index contributed by atoms with van der Waals surface area (Å²) in [6.45, 7) is 0.397. The molecule has 0 saturated carbocycles. The molecule has 0 aliphatic heterocycles. The van der Waals surface area contributed by atoms with Gasteiger partial charge in [-0.15, -0.1) is 0 Å². The first kappa shape index (κ1) is 18.0. The molecule has 0 atom stereocenters. The fraction of sp³-hybridized carbons (Fsp3) is 0.100. The molecule has 1 N–H and O–H groups in total. The minimum Gasteiger partial charge on any atom is -0.350 e. The minimum absolute atomic E-state index is 0.190. The molecule has 3 aromatic rings. The van der Waals surface area contributed by atoms with Gasteiger partial charge in [0.1, 0.15) is 5.82 Å². The van der Waals surface area contributed by atoms with E-state index in [1.165, 1.54) is 22.9 Å². The fourth-order valence-corrected chi connectivity index (χ4v) is 2.46. The second kappa shape index (κ2) is 8.06. The number of halogens is 1. The summed E-state index contributed by atoms with van der Waals surface area (Å²) in [5, 5.41) is 15.7. The minimum atomic E-state index is -0.349. The smallest absolute Gasteiger partial charge is 0.266 e. The molecule has 0 spiro atoms. The molecule has 0 unspecified atom stereocenters. The van der Waals surface area contributed by atoms with E-state index < -0.39 is 0 Å². The number of nitrogens with one attached hydrogen (secondary N) is 1. The van der Waals surface area contributed by atoms with Gasteiger partial charge in [-0.1, -0.05) is 0 Å². The molecule has 0 aliphatic carbocycles. The van der Waals surface area contributed by atoms with Crippen molar-refractivity contribution in [2.45, 2.75) is 6.54 Å². The van der Waals surface area contributed by atoms with E-state index in [-0.39, 0.29) is 30.4 Å². The maximum absolute atomic E-state index is 13.0. The van der Waals surface area contributed by atoms with Crippen LogP contribution in [0, 0.1) is 17.1 Å². The quantitative estimate of drug-likeness (QED) is 0.755. The van der Waals surface area contributed by atoms with Crippen LogP contribution in [0.25, 0.3) is 11.3 Å². The molecule has 134 valence electrons. The summed E-state index contributed by atoms with van der Waals surface area (Å²) < 4.78 is 14.3. The second-order valence-corrected chi connectivity index (χ2v) is 5.73. The van der Waals surface area contributed by atoms with Crippen LogP contribution in [0.4, 0.5) is 4.39 Å². The Balaban J connectivity index is 1.66. The second-order valence-electron chi connectivity index (χ2n) is 5.73. The van der Waals surface area contributed by atoms with Crippen molar-refractivity contribution < 1.29 is 9.18 Å². The van der Waals surface area contributed by atoms with Gasteiger partial charge in [-0.3, -0.25) is 9.59 Å². The largest absolute Gasteiger partial charge is 0.350 e. The zero-order valence-corrected chi connectivity index (χ0v) is 14.2. The van der Waals surface area contributed by atoms with Gasteiger partial charge in [0.05, 0.1) is 23.9 Å². The molecule has 1 amide bonds. The lowest BCUT2D eigenvalue weighted by Gasteiger charge is -2.09. The number of amides is 1. The summed E-state index contributed by atoms with van der Waals surface area (Å²) in [5.74, 6) is -0.653. The zero-order valence-electron chi connectivity index (χ0n) is 14.2. The summed E-state index contributed by atoms with van der Waals surface area (Å²) >= 11 is 0. The highest BCUT2D eigenvalue weighted by Gasteiger charge is 2.07. The summed E-state index contributed by atoms with van der Waals surface area (Å²) in [5.41, 5.74) is 1.82. The highest BCUT2D eigenvalue weighted by molar-refractivity contribution is 5.94. The first-order valence-corrected chi connectivity index (χ1v) is 8.19. The van der Waals surface area contributed by atoms with Crippen molar-refractivity contribution in [3.63, 3.8) is 0 Å². The number of aromatic nitrogens is 2. The maximum atomic E-state index is 13.0. The number of hydrogen-bond donors (Lipinski definition) is 1. The molecule has 3 rings (SSSR count). The molecular formula is C20H15FN4O2. The van der Waals surface area contributed by atoms with Crippen LogP contribution in [0.15, 0.2) is 65.5 Å². The van der Waals surface area contributed by atoms with Crippen molar-refractivity contribution in [3.05, 3.63) is 88.0 Å². The Bertz CT molecular complexity index is 1050. The highest BCUT2D eigenvalue weighted by Crippen LogP contribution is 2.15. The number of nitrogens with zero attached hydrogens (tertiary/aromatic N) is 3. The molecule has 27 heavy (non-hydrogen) atoms. The van der Waals surface area contributed by atoms with Crippen LogP contribution in [0.3, 0.4) is 0 Å². The Hall–Kier alpha value is -3.79. The SMILES string of the molecule is N#Cc1ccc(C(=O)NCCn2nc(-c3ccc(F)cc3)ccc2=O)cc1. The van der Waals surface area contributed by atoms with Crippen molar-refractivity contribution in [2.24, 2.45) is 0 Å². The van der Waals surface area contributed by atoms with Crippen molar-refractivity contribution in [2.75, 3.05) is 6.54 Å². The third-order valence-corrected chi connectivity index (χ3v) is 3.89. The Labute approximate surface area is 154 Å². The van der Waals surface area contributed by atoms with E-state index in [1.807, 2.05) is 6.07 Å². The van der Waals surface area contributed by atoms with Crippen molar-refractivity contribution in [1.82, 2.24) is 15.1 Å². The lowest BCUT2D eigenvalue weighted by atomic mass is 10.1. The van der Waals surface area contributed by atoms with E-state index in [2.05, 4.69) is 10.4 Å². The van der Waals surface area contributed by atoms with E-state index in [9.17, 15) is 14.0 Å². The molecule has 6 nitrogen and oxygen atoms in total. The summed E-state index contributed by atoms with van der Waals surface area (Å²) in [6.07, 6.45) is 0. The van der Waals surface area contributed by atoms with E-state index in [0.717, 1.165) is 0 Å². The van der Waals surface area contributed by atoms with Crippen molar-refractivity contribution in [3.8, 4) is 17.3 Å². The number of carbonyl (C=O) groups is 1. The summed E-state index contributed by atoms with van der Waals surface area (Å²) in [6, 6.07) is 17.0. The molecule has 0 radical (unpaired) electrons. The molecule has 1 aromatic heterocycles. The summed E-state index contributed by atoms with van der Waals surface area (Å²) in [4.78, 5) is 24.1. The lowest BCUT2D eigenvalue weighted by molar-refractivity contribution is 0.0951. The zero-order chi connectivity index (χ0) is 19.2. The molecule has 2 aromatic carbocycles. The Kier molecular flexibility index (Phi) is 5.38. The van der Waals surface area contributed by atoms with Crippen LogP contribution in [-0.2, 0) is 6.54 Å². The Morgan fingerprint density at radius 1 is 1.07 bits per heavy atom. The van der Waals surface area contributed by atoms with Gasteiger partial charge >= 0.3 is 0 Å². The van der Waals surface area contributed by atoms with Crippen LogP contribution < -0.4 is 10.9 Å². The standard InChI is InChI=1S/C20H15FN4O2/c21-17-7-5-15(6-8-17)18-9-10-19(26)25(24-18)12-11-23-20(27)16-3-1-14(13-22)2-4-16/h1-10H,11-12H2,(H,23,27). The van der Waals surface area contributed by atoms with E-state index in [1.54, 1.807) is 42.5 Å². The van der Waals surface area contributed by atoms with Crippen LogP contribution in [-0.4, -0.2) is 22.2 Å². The van der Waals surface area contributed by atoms with E-state index >= 15 is 0 Å². The molecule has 0 bridgehead atoms. The van der Waals surface area contributed by atoms with Crippen LogP contribution in [0.5, 0.6) is 0 Å². The number of hydrogen-bond acceptors (Lipinski definition) is 4. The molecule has 7 heteroatoms. The van der Waals surface area contributed by atoms with Crippen LogP contribution in [0.2, 0.25) is 0 Å². The third kappa shape index (κ3) is 4.44. The summed E-state index contributed by atoms with van der Waals surface area (Å²) in [7, 11) is 0. The first-order chi connectivity index (χ1) is 13.1. The topological polar surface area (TPSA) is 87.8 Å². The van der Waals surface area contributed by atoms with Gasteiger partial charge in [-0.05, 0) is 54.6 Å². The number of carbonyl (C=O) groups excluding carboxylic acids is 1. The van der Waals surface area contributed by atoms with Gasteiger partial charge in [0.2, 0.25) is 0 Å². The van der Waals surface area contributed by atoms with Crippen LogP contribution >= 0.6 is 0 Å². The van der Waals surface area contributed by atoms with E-state index in [0.29, 0.717) is 22.4 Å². The molecule has 0 saturated heterocycles. The lowest BCUT2D eigenvalue weighted by Crippen LogP contribution is -2.31. The van der Waals surface area contributed by atoms with Gasteiger partial charge in [-0.25, -0.2) is 9.07 Å². The van der Waals surface area contributed by atoms with Gasteiger partial charge in [0, 0.05) is 23.7 Å². The predicted molar refractivity (Wildman–Crippen MR) is 97.4 cm³/mol. The van der Waals surface area contributed by atoms with Gasteiger partial charge in [0.25, 0.3) is 11.5 Å². The van der Waals surface area contributed by atoms with Gasteiger partial charge in [0.15, 0.2) is 0 Å². The average Bonchev–Trinajstić information content (AvgIpc) is 2.70. The highest BCUT2D eigenvalue weighted by atomic mass is 19.1. The predicted octanol–water partition coefficient (Wildman–Crippen LogP) is 2.35. The Morgan fingerprint density at radius 2 is 1.78 bits per heavy atom. The fourth-order valence-electron chi connectivity index (χ4n) is 2.46. The number of benzene rings is 2. The van der Waals surface area contributed by atoms with Crippen LogP contribution in [0.1, 0.15) is 15.9 Å². The number of rotatable bonds is 5. The van der Waals surface area contributed by atoms with Gasteiger partial charge < -0.3 is 5.32 Å². The molecule has 0 aliphatic rings.